The molecule has 1 aliphatic carbocycles. The molecule has 3 unspecified atom stereocenters. The maximum Gasteiger partial charge on any atom is 0.134 e. The van der Waals surface area contributed by atoms with Crippen LogP contribution in [0.5, 0.6) is 0 Å². The van der Waals surface area contributed by atoms with E-state index in [1.54, 1.807) is 6.92 Å². The molecule has 1 N–H and O–H groups in total. The first-order valence-corrected chi connectivity index (χ1v) is 5.15. The van der Waals surface area contributed by atoms with Gasteiger partial charge in [-0.25, -0.2) is 8.78 Å². The van der Waals surface area contributed by atoms with Crippen molar-refractivity contribution in [2.24, 2.45) is 11.8 Å². The molecule has 2 rings (SSSR count). The van der Waals surface area contributed by atoms with Crippen LogP contribution in [0.2, 0.25) is 0 Å². The molecule has 3 atom stereocenters. The van der Waals surface area contributed by atoms with E-state index in [9.17, 15) is 13.9 Å². The topological polar surface area (TPSA) is 20.2 Å². The van der Waals surface area contributed by atoms with E-state index >= 15 is 0 Å². The van der Waals surface area contributed by atoms with Gasteiger partial charge in [-0.3, -0.25) is 0 Å². The molecule has 15 heavy (non-hydrogen) atoms. The van der Waals surface area contributed by atoms with Crippen molar-refractivity contribution in [2.75, 3.05) is 0 Å². The van der Waals surface area contributed by atoms with Crippen molar-refractivity contribution >= 4 is 0 Å². The molecule has 0 heterocycles. The van der Waals surface area contributed by atoms with Gasteiger partial charge in [0.2, 0.25) is 0 Å². The number of aryl methyl sites for hydroxylation is 1. The van der Waals surface area contributed by atoms with Crippen molar-refractivity contribution in [1.82, 2.24) is 0 Å². The van der Waals surface area contributed by atoms with Gasteiger partial charge in [-0.05, 0) is 36.8 Å². The summed E-state index contributed by atoms with van der Waals surface area (Å²) in [4.78, 5) is 0. The Balaban J connectivity index is 2.38. The summed E-state index contributed by atoms with van der Waals surface area (Å²) in [5.74, 6) is -0.888. The highest BCUT2D eigenvalue weighted by molar-refractivity contribution is 5.29. The molecule has 0 amide bonds. The quantitative estimate of drug-likeness (QED) is 0.799. The summed E-state index contributed by atoms with van der Waals surface area (Å²) in [6.45, 7) is 3.54. The summed E-state index contributed by atoms with van der Waals surface area (Å²) >= 11 is 0. The molecule has 0 radical (unpaired) electrons. The van der Waals surface area contributed by atoms with E-state index in [2.05, 4.69) is 0 Å². The number of aliphatic hydroxyl groups is 1. The Morgan fingerprint density at radius 2 is 2.00 bits per heavy atom. The average Bonchev–Trinajstić information content (AvgIpc) is 2.90. The Kier molecular flexibility index (Phi) is 2.51. The summed E-state index contributed by atoms with van der Waals surface area (Å²) in [5.41, 5.74) is 0.211. The highest BCUT2D eigenvalue weighted by Crippen LogP contribution is 2.47. The summed E-state index contributed by atoms with van der Waals surface area (Å²) in [7, 11) is 0. The number of aliphatic hydroxyl groups excluding tert-OH is 1. The van der Waals surface area contributed by atoms with Gasteiger partial charge in [-0.2, -0.15) is 0 Å². The van der Waals surface area contributed by atoms with Gasteiger partial charge in [0.25, 0.3) is 0 Å². The molecule has 1 fully saturated rings. The van der Waals surface area contributed by atoms with Gasteiger partial charge in [0, 0.05) is 0 Å². The fourth-order valence-electron chi connectivity index (χ4n) is 1.95. The van der Waals surface area contributed by atoms with E-state index < -0.39 is 17.7 Å². The molecule has 1 aromatic rings. The Hall–Kier alpha value is -0.960. The lowest BCUT2D eigenvalue weighted by Gasteiger charge is -2.13. The van der Waals surface area contributed by atoms with Crippen LogP contribution >= 0.6 is 0 Å². The van der Waals surface area contributed by atoms with Gasteiger partial charge in [0.1, 0.15) is 11.6 Å². The first kappa shape index (κ1) is 10.6. The standard InChI is InChI=1S/C12H14F2O/c1-6-3-4-9(13)10(11(6)14)12(15)8-5-7(8)2/h3-4,7-8,12,15H,5H2,1-2H3. The number of hydrogen-bond acceptors (Lipinski definition) is 1. The molecular weight excluding hydrogens is 198 g/mol. The average molecular weight is 212 g/mol. The molecule has 3 heteroatoms. The normalized spacial score (nSPS) is 26.5. The van der Waals surface area contributed by atoms with Gasteiger partial charge in [-0.15, -0.1) is 0 Å². The number of hydrogen-bond donors (Lipinski definition) is 1. The minimum Gasteiger partial charge on any atom is -0.388 e. The summed E-state index contributed by atoms with van der Waals surface area (Å²) in [6.07, 6.45) is -0.159. The molecule has 1 aromatic carbocycles. The third-order valence-corrected chi connectivity index (χ3v) is 3.19. The predicted molar refractivity (Wildman–Crippen MR) is 53.3 cm³/mol. The van der Waals surface area contributed by atoms with E-state index in [0.29, 0.717) is 11.5 Å². The highest BCUT2D eigenvalue weighted by Gasteiger charge is 2.41. The zero-order valence-corrected chi connectivity index (χ0v) is 8.80. The molecular formula is C12H14F2O. The fourth-order valence-corrected chi connectivity index (χ4v) is 1.95. The summed E-state index contributed by atoms with van der Waals surface area (Å²) in [5, 5.41) is 9.84. The van der Waals surface area contributed by atoms with Gasteiger partial charge in [0.05, 0.1) is 11.7 Å². The van der Waals surface area contributed by atoms with Crippen molar-refractivity contribution in [2.45, 2.75) is 26.4 Å². The van der Waals surface area contributed by atoms with Crippen molar-refractivity contribution in [3.8, 4) is 0 Å². The highest BCUT2D eigenvalue weighted by atomic mass is 19.1. The van der Waals surface area contributed by atoms with Crippen LogP contribution in [0.25, 0.3) is 0 Å². The van der Waals surface area contributed by atoms with Crippen LogP contribution in [0.3, 0.4) is 0 Å². The molecule has 1 nitrogen and oxygen atoms in total. The van der Waals surface area contributed by atoms with Crippen LogP contribution in [0.1, 0.15) is 30.6 Å². The molecule has 0 aromatic heterocycles. The fraction of sp³-hybridized carbons (Fsp3) is 0.500. The van der Waals surface area contributed by atoms with E-state index in [4.69, 9.17) is 0 Å². The molecule has 1 saturated carbocycles. The molecule has 0 saturated heterocycles. The van der Waals surface area contributed by atoms with E-state index in [0.717, 1.165) is 6.42 Å². The van der Waals surface area contributed by atoms with Crippen molar-refractivity contribution in [3.05, 3.63) is 34.9 Å². The van der Waals surface area contributed by atoms with E-state index in [1.165, 1.54) is 12.1 Å². The molecule has 0 spiro atoms. The Morgan fingerprint density at radius 3 is 2.53 bits per heavy atom. The van der Waals surface area contributed by atoms with Gasteiger partial charge in [-0.1, -0.05) is 13.0 Å². The van der Waals surface area contributed by atoms with Crippen LogP contribution in [0.4, 0.5) is 8.78 Å². The second kappa shape index (κ2) is 3.56. The summed E-state index contributed by atoms with van der Waals surface area (Å²) < 4.78 is 27.0. The molecule has 0 bridgehead atoms. The van der Waals surface area contributed by atoms with E-state index in [-0.39, 0.29) is 11.5 Å². The lowest BCUT2D eigenvalue weighted by Crippen LogP contribution is -2.08. The number of benzene rings is 1. The maximum atomic E-state index is 13.6. The second-order valence-electron chi connectivity index (χ2n) is 4.41. The predicted octanol–water partition coefficient (Wildman–Crippen LogP) is 2.96. The maximum absolute atomic E-state index is 13.6. The van der Waals surface area contributed by atoms with Crippen LogP contribution < -0.4 is 0 Å². The first-order valence-electron chi connectivity index (χ1n) is 5.15. The van der Waals surface area contributed by atoms with Crippen LogP contribution in [-0.2, 0) is 0 Å². The largest absolute Gasteiger partial charge is 0.388 e. The van der Waals surface area contributed by atoms with Gasteiger partial charge in [0.15, 0.2) is 0 Å². The van der Waals surface area contributed by atoms with Crippen molar-refractivity contribution < 1.29 is 13.9 Å². The zero-order chi connectivity index (χ0) is 11.2. The van der Waals surface area contributed by atoms with Gasteiger partial charge >= 0.3 is 0 Å². The lowest BCUT2D eigenvalue weighted by atomic mass is 10.0. The SMILES string of the molecule is Cc1ccc(F)c(C(O)C2CC2C)c1F. The number of halogens is 2. The Morgan fingerprint density at radius 1 is 1.40 bits per heavy atom. The Bertz CT molecular complexity index is 389. The van der Waals surface area contributed by atoms with Crippen molar-refractivity contribution in [1.29, 1.82) is 0 Å². The smallest absolute Gasteiger partial charge is 0.134 e. The van der Waals surface area contributed by atoms with Crippen LogP contribution in [0, 0.1) is 30.4 Å². The van der Waals surface area contributed by atoms with E-state index in [1.807, 2.05) is 6.92 Å². The monoisotopic (exact) mass is 212 g/mol. The molecule has 1 aliphatic rings. The zero-order valence-electron chi connectivity index (χ0n) is 8.80. The second-order valence-corrected chi connectivity index (χ2v) is 4.41. The first-order chi connectivity index (χ1) is 7.02. The van der Waals surface area contributed by atoms with Crippen molar-refractivity contribution in [3.63, 3.8) is 0 Å². The number of rotatable bonds is 2. The molecule has 0 aliphatic heterocycles. The summed E-state index contributed by atoms with van der Waals surface area (Å²) in [6, 6.07) is 2.60. The minimum absolute atomic E-state index is 0.01000. The van der Waals surface area contributed by atoms with Crippen LogP contribution in [0.15, 0.2) is 12.1 Å². The lowest BCUT2D eigenvalue weighted by molar-refractivity contribution is 0.139. The third kappa shape index (κ3) is 1.76. The Labute approximate surface area is 87.7 Å². The minimum atomic E-state index is -1.00. The third-order valence-electron chi connectivity index (χ3n) is 3.19. The molecule has 82 valence electrons. The van der Waals surface area contributed by atoms with Crippen LogP contribution in [-0.4, -0.2) is 5.11 Å². The van der Waals surface area contributed by atoms with Gasteiger partial charge < -0.3 is 5.11 Å².